The predicted octanol–water partition coefficient (Wildman–Crippen LogP) is 1.94. The van der Waals surface area contributed by atoms with Crippen LogP contribution in [0, 0.1) is 11.8 Å². The summed E-state index contributed by atoms with van der Waals surface area (Å²) in [4.78, 5) is 14.8. The monoisotopic (exact) mass is 356 g/mol. The van der Waals surface area contributed by atoms with E-state index in [1.807, 2.05) is 4.90 Å². The minimum Gasteiger partial charge on any atom is -0.493 e. The molecular weight excluding hydrogens is 332 g/mol. The van der Waals surface area contributed by atoms with Gasteiger partial charge in [-0.05, 0) is 36.8 Å². The van der Waals surface area contributed by atoms with Gasteiger partial charge >= 0.3 is 0 Å². The lowest BCUT2D eigenvalue weighted by atomic mass is 9.98. The molecule has 0 bridgehead atoms. The maximum absolute atomic E-state index is 12.9. The molecule has 2 aliphatic rings. The number of carbonyl (C=O) groups excluding carboxylic acids is 1. The SMILES string of the molecule is COc1cc(C(=O)N2CC3CCC(N)C3C2)cc(OC)c1OC.Cl. The molecule has 1 heterocycles. The predicted molar refractivity (Wildman–Crippen MR) is 93.4 cm³/mol. The fourth-order valence-corrected chi connectivity index (χ4v) is 3.86. The van der Waals surface area contributed by atoms with E-state index in [4.69, 9.17) is 19.9 Å². The van der Waals surface area contributed by atoms with Gasteiger partial charge in [0.15, 0.2) is 11.5 Å². The molecule has 1 aromatic rings. The van der Waals surface area contributed by atoms with Crippen molar-refractivity contribution in [2.24, 2.45) is 17.6 Å². The first-order chi connectivity index (χ1) is 11.1. The molecule has 0 spiro atoms. The molecule has 1 amide bonds. The minimum atomic E-state index is -0.00847. The van der Waals surface area contributed by atoms with Crippen LogP contribution in [0.15, 0.2) is 12.1 Å². The first kappa shape index (κ1) is 18.7. The average molecular weight is 357 g/mol. The fraction of sp³-hybridized carbons (Fsp3) is 0.588. The number of benzene rings is 1. The number of methoxy groups -OCH3 is 3. The first-order valence-electron chi connectivity index (χ1n) is 7.93. The second kappa shape index (κ2) is 7.49. The summed E-state index contributed by atoms with van der Waals surface area (Å²) in [6, 6.07) is 3.63. The van der Waals surface area contributed by atoms with Gasteiger partial charge in [0.05, 0.1) is 21.3 Å². The van der Waals surface area contributed by atoms with E-state index in [9.17, 15) is 4.79 Å². The van der Waals surface area contributed by atoms with Crippen molar-refractivity contribution in [2.45, 2.75) is 18.9 Å². The maximum atomic E-state index is 12.9. The summed E-state index contributed by atoms with van der Waals surface area (Å²) in [5.74, 6) is 2.44. The lowest BCUT2D eigenvalue weighted by Gasteiger charge is -2.20. The summed E-state index contributed by atoms with van der Waals surface area (Å²) >= 11 is 0. The molecule has 3 atom stereocenters. The molecular formula is C17H25ClN2O4. The lowest BCUT2D eigenvalue weighted by Crippen LogP contribution is -2.33. The number of amides is 1. The highest BCUT2D eigenvalue weighted by Gasteiger charge is 2.42. The molecule has 24 heavy (non-hydrogen) atoms. The molecule has 7 heteroatoms. The lowest BCUT2D eigenvalue weighted by molar-refractivity contribution is 0.0778. The molecule has 6 nitrogen and oxygen atoms in total. The third-order valence-corrected chi connectivity index (χ3v) is 5.11. The van der Waals surface area contributed by atoms with Gasteiger partial charge in [0.2, 0.25) is 5.75 Å². The Labute approximate surface area is 148 Å². The molecule has 0 radical (unpaired) electrons. The number of ether oxygens (including phenoxy) is 3. The van der Waals surface area contributed by atoms with Gasteiger partial charge in [-0.25, -0.2) is 0 Å². The number of carbonyl (C=O) groups is 1. The van der Waals surface area contributed by atoms with Crippen LogP contribution < -0.4 is 19.9 Å². The Morgan fingerprint density at radius 2 is 1.71 bits per heavy atom. The highest BCUT2D eigenvalue weighted by molar-refractivity contribution is 5.96. The Morgan fingerprint density at radius 3 is 2.21 bits per heavy atom. The van der Waals surface area contributed by atoms with Gasteiger partial charge in [-0.2, -0.15) is 0 Å². The molecule has 0 aromatic heterocycles. The van der Waals surface area contributed by atoms with E-state index < -0.39 is 0 Å². The number of rotatable bonds is 4. The van der Waals surface area contributed by atoms with E-state index in [1.165, 1.54) is 0 Å². The second-order valence-corrected chi connectivity index (χ2v) is 6.29. The average Bonchev–Trinajstić information content (AvgIpc) is 3.15. The van der Waals surface area contributed by atoms with Gasteiger partial charge in [-0.3, -0.25) is 4.79 Å². The van der Waals surface area contributed by atoms with E-state index in [0.29, 0.717) is 34.6 Å². The van der Waals surface area contributed by atoms with Gasteiger partial charge in [0.25, 0.3) is 5.91 Å². The molecule has 1 aliphatic carbocycles. The Bertz CT molecular complexity index is 585. The number of likely N-dealkylation sites (tertiary alicyclic amines) is 1. The topological polar surface area (TPSA) is 74.0 Å². The number of hydrogen-bond acceptors (Lipinski definition) is 5. The van der Waals surface area contributed by atoms with E-state index in [1.54, 1.807) is 33.5 Å². The van der Waals surface area contributed by atoms with Crippen molar-refractivity contribution in [3.8, 4) is 17.2 Å². The van der Waals surface area contributed by atoms with E-state index in [0.717, 1.165) is 25.9 Å². The van der Waals surface area contributed by atoms with Crippen molar-refractivity contribution in [1.82, 2.24) is 4.90 Å². The fourth-order valence-electron chi connectivity index (χ4n) is 3.86. The summed E-state index contributed by atoms with van der Waals surface area (Å²) in [6.07, 6.45) is 2.19. The Morgan fingerprint density at radius 1 is 1.08 bits per heavy atom. The van der Waals surface area contributed by atoms with Crippen LogP contribution in [0.25, 0.3) is 0 Å². The third kappa shape index (κ3) is 3.13. The van der Waals surface area contributed by atoms with Crippen LogP contribution in [0.3, 0.4) is 0 Å². The van der Waals surface area contributed by atoms with Crippen molar-refractivity contribution >= 4 is 18.3 Å². The number of halogens is 1. The number of nitrogens with zero attached hydrogens (tertiary/aromatic N) is 1. The maximum Gasteiger partial charge on any atom is 0.254 e. The number of fused-ring (bicyclic) bond motifs is 1. The van der Waals surface area contributed by atoms with Gasteiger partial charge in [0.1, 0.15) is 0 Å². The zero-order chi connectivity index (χ0) is 16.6. The van der Waals surface area contributed by atoms with Gasteiger partial charge in [-0.1, -0.05) is 0 Å². The normalized spacial score (nSPS) is 25.0. The molecule has 1 aromatic carbocycles. The zero-order valence-corrected chi connectivity index (χ0v) is 15.1. The van der Waals surface area contributed by atoms with Crippen molar-refractivity contribution in [2.75, 3.05) is 34.4 Å². The van der Waals surface area contributed by atoms with Crippen LogP contribution in [-0.2, 0) is 0 Å². The van der Waals surface area contributed by atoms with Crippen molar-refractivity contribution in [3.63, 3.8) is 0 Å². The second-order valence-electron chi connectivity index (χ2n) is 6.29. The van der Waals surface area contributed by atoms with Crippen molar-refractivity contribution in [3.05, 3.63) is 17.7 Å². The molecule has 3 rings (SSSR count). The quantitative estimate of drug-likeness (QED) is 0.892. The van der Waals surface area contributed by atoms with Gasteiger partial charge in [0, 0.05) is 24.7 Å². The zero-order valence-electron chi connectivity index (χ0n) is 14.3. The van der Waals surface area contributed by atoms with E-state index >= 15 is 0 Å². The van der Waals surface area contributed by atoms with Crippen LogP contribution in [0.1, 0.15) is 23.2 Å². The van der Waals surface area contributed by atoms with Crippen LogP contribution in [0.2, 0.25) is 0 Å². The molecule has 1 saturated heterocycles. The highest BCUT2D eigenvalue weighted by Crippen LogP contribution is 2.40. The molecule has 2 fully saturated rings. The van der Waals surface area contributed by atoms with E-state index in [2.05, 4.69) is 0 Å². The molecule has 1 saturated carbocycles. The van der Waals surface area contributed by atoms with E-state index in [-0.39, 0.29) is 24.4 Å². The summed E-state index contributed by atoms with van der Waals surface area (Å²) in [5, 5.41) is 0. The largest absolute Gasteiger partial charge is 0.493 e. The summed E-state index contributed by atoms with van der Waals surface area (Å²) in [7, 11) is 4.64. The minimum absolute atomic E-state index is 0. The van der Waals surface area contributed by atoms with Gasteiger partial charge < -0.3 is 24.8 Å². The highest BCUT2D eigenvalue weighted by atomic mass is 35.5. The van der Waals surface area contributed by atoms with Crippen LogP contribution in [0.4, 0.5) is 0 Å². The van der Waals surface area contributed by atoms with Crippen LogP contribution >= 0.6 is 12.4 Å². The number of hydrogen-bond donors (Lipinski definition) is 1. The molecule has 3 unspecified atom stereocenters. The standard InChI is InChI=1S/C17H24N2O4.ClH/c1-21-14-6-11(7-15(22-2)16(14)23-3)17(20)19-8-10-4-5-13(18)12(10)9-19;/h6-7,10,12-13H,4-5,8-9,18H2,1-3H3;1H. The van der Waals surface area contributed by atoms with Crippen molar-refractivity contribution < 1.29 is 19.0 Å². The van der Waals surface area contributed by atoms with Crippen molar-refractivity contribution in [1.29, 1.82) is 0 Å². The molecule has 134 valence electrons. The summed E-state index contributed by atoms with van der Waals surface area (Å²) in [5.41, 5.74) is 6.70. The Balaban J connectivity index is 0.00000208. The van der Waals surface area contributed by atoms with Gasteiger partial charge in [-0.15, -0.1) is 12.4 Å². The Hall–Kier alpha value is -1.66. The summed E-state index contributed by atoms with van der Waals surface area (Å²) in [6.45, 7) is 1.52. The summed E-state index contributed by atoms with van der Waals surface area (Å²) < 4.78 is 16.0. The molecule has 1 aliphatic heterocycles. The van der Waals surface area contributed by atoms with Crippen LogP contribution in [-0.4, -0.2) is 51.3 Å². The number of nitrogens with two attached hydrogens (primary N) is 1. The third-order valence-electron chi connectivity index (χ3n) is 5.11. The van der Waals surface area contributed by atoms with Crippen LogP contribution in [0.5, 0.6) is 17.2 Å². The first-order valence-corrected chi connectivity index (χ1v) is 7.93. The molecule has 2 N–H and O–H groups in total. The Kier molecular flexibility index (Phi) is 5.83. The smallest absolute Gasteiger partial charge is 0.254 e.